The van der Waals surface area contributed by atoms with Gasteiger partial charge in [-0.1, -0.05) is 6.07 Å². The van der Waals surface area contributed by atoms with Gasteiger partial charge in [0.25, 0.3) is 0 Å². The summed E-state index contributed by atoms with van der Waals surface area (Å²) < 4.78 is 17.5. The lowest BCUT2D eigenvalue weighted by molar-refractivity contribution is 0.123. The highest BCUT2D eigenvalue weighted by Crippen LogP contribution is 2.29. The minimum Gasteiger partial charge on any atom is -0.377 e. The van der Waals surface area contributed by atoms with Crippen molar-refractivity contribution in [2.45, 2.75) is 19.4 Å². The second-order valence-corrected chi connectivity index (χ2v) is 10.3. The molecule has 7 heteroatoms. The van der Waals surface area contributed by atoms with E-state index in [9.17, 15) is 0 Å². The lowest BCUT2D eigenvalue weighted by Crippen LogP contribution is -2.42. The van der Waals surface area contributed by atoms with Gasteiger partial charge < -0.3 is 13.3 Å². The van der Waals surface area contributed by atoms with E-state index in [0.29, 0.717) is 6.54 Å². The van der Waals surface area contributed by atoms with E-state index >= 15 is 0 Å². The molecule has 1 heterocycles. The zero-order valence-electron chi connectivity index (χ0n) is 15.6. The molecule has 0 N–H and O–H groups in total. The summed E-state index contributed by atoms with van der Waals surface area (Å²) in [5.41, 5.74) is 3.30. The molecule has 0 amide bonds. The first-order valence-electron chi connectivity index (χ1n) is 8.56. The van der Waals surface area contributed by atoms with Crippen LogP contribution in [0, 0.1) is 6.92 Å². The Morgan fingerprint density at radius 1 is 1.04 bits per heavy atom. The molecule has 0 atom stereocenters. The lowest BCUT2D eigenvalue weighted by Gasteiger charge is -2.23. The van der Waals surface area contributed by atoms with Crippen molar-refractivity contribution in [1.82, 2.24) is 4.98 Å². The van der Waals surface area contributed by atoms with E-state index in [-0.39, 0.29) is 0 Å². The summed E-state index contributed by atoms with van der Waals surface area (Å²) in [5, 5.41) is 0.974. The fourth-order valence-electron chi connectivity index (χ4n) is 2.88. The van der Waals surface area contributed by atoms with Crippen molar-refractivity contribution in [3.63, 3.8) is 0 Å². The lowest BCUT2D eigenvalue weighted by atomic mass is 10.2. The van der Waals surface area contributed by atoms with Crippen molar-refractivity contribution in [3.05, 3.63) is 47.3 Å². The molecular formula is C19H24N2O3SSi. The highest BCUT2D eigenvalue weighted by Gasteiger charge is 2.36. The quantitative estimate of drug-likeness (QED) is 0.350. The third-order valence-corrected chi connectivity index (χ3v) is 8.31. The first-order chi connectivity index (χ1) is 12.6. The van der Waals surface area contributed by atoms with Crippen molar-refractivity contribution in [1.29, 1.82) is 0 Å². The van der Waals surface area contributed by atoms with E-state index in [1.807, 2.05) is 12.1 Å². The molecule has 0 aromatic heterocycles. The number of hydrogen-bond donors (Lipinski definition) is 0. The van der Waals surface area contributed by atoms with Gasteiger partial charge in [-0.15, -0.1) is 11.3 Å². The summed E-state index contributed by atoms with van der Waals surface area (Å²) in [4.78, 5) is 10.6. The van der Waals surface area contributed by atoms with Gasteiger partial charge in [-0.05, 0) is 49.2 Å². The number of aryl methyl sites for hydroxylation is 1. The molecule has 2 aliphatic rings. The van der Waals surface area contributed by atoms with Gasteiger partial charge in [0.1, 0.15) is 0 Å². The summed E-state index contributed by atoms with van der Waals surface area (Å²) in [5.74, 6) is 0. The Balaban J connectivity index is 1.79. The Labute approximate surface area is 159 Å². The van der Waals surface area contributed by atoms with Crippen molar-refractivity contribution in [2.24, 2.45) is 4.99 Å². The van der Waals surface area contributed by atoms with E-state index in [0.717, 1.165) is 33.9 Å². The van der Waals surface area contributed by atoms with E-state index < -0.39 is 8.80 Å². The molecular weight excluding hydrogens is 364 g/mol. The highest BCUT2D eigenvalue weighted by molar-refractivity contribution is 7.21. The number of fused-ring (bicyclic) bond motifs is 2. The summed E-state index contributed by atoms with van der Waals surface area (Å²) in [7, 11) is 2.41. The molecule has 5 nitrogen and oxygen atoms in total. The molecule has 0 unspecified atom stereocenters. The molecule has 0 saturated heterocycles. The largest absolute Gasteiger partial charge is 0.500 e. The van der Waals surface area contributed by atoms with Crippen molar-refractivity contribution < 1.29 is 13.3 Å². The van der Waals surface area contributed by atoms with Crippen LogP contribution in [-0.2, 0) is 13.3 Å². The van der Waals surface area contributed by atoms with Crippen LogP contribution in [0.2, 0.25) is 6.04 Å². The van der Waals surface area contributed by atoms with Crippen molar-refractivity contribution in [3.8, 4) is 10.6 Å². The summed E-state index contributed by atoms with van der Waals surface area (Å²) >= 11 is 1.76. The molecule has 0 bridgehead atoms. The Kier molecular flexibility index (Phi) is 6.15. The van der Waals surface area contributed by atoms with E-state index in [1.165, 1.54) is 10.3 Å². The van der Waals surface area contributed by atoms with Crippen LogP contribution in [0.25, 0.3) is 20.8 Å². The van der Waals surface area contributed by atoms with Gasteiger partial charge in [0, 0.05) is 33.9 Å². The molecule has 0 spiro atoms. The third-order valence-electron chi connectivity index (χ3n) is 4.39. The number of aromatic nitrogens is 1. The normalized spacial score (nSPS) is 13.0. The number of hydrogen-bond acceptors (Lipinski definition) is 6. The predicted molar refractivity (Wildman–Crippen MR) is 108 cm³/mol. The first-order valence-corrected chi connectivity index (χ1v) is 11.3. The van der Waals surface area contributed by atoms with Crippen LogP contribution in [-0.4, -0.2) is 41.7 Å². The van der Waals surface area contributed by atoms with Crippen LogP contribution in [0.3, 0.4) is 0 Å². The van der Waals surface area contributed by atoms with Gasteiger partial charge in [0.15, 0.2) is 0 Å². The molecule has 138 valence electrons. The number of benzene rings is 2. The van der Waals surface area contributed by atoms with E-state index in [1.54, 1.807) is 32.7 Å². The zero-order chi connectivity index (χ0) is 18.6. The SMILES string of the molecule is CO[Si](CCCN=c1ccc2nc3ccc(C)cc3sc-2c1)(OC)OC. The van der Waals surface area contributed by atoms with E-state index in [2.05, 4.69) is 31.2 Å². The molecule has 1 aromatic carbocycles. The van der Waals surface area contributed by atoms with Crippen LogP contribution in [0.5, 0.6) is 0 Å². The van der Waals surface area contributed by atoms with Crippen LogP contribution < -0.4 is 5.36 Å². The van der Waals surface area contributed by atoms with Crippen molar-refractivity contribution in [2.75, 3.05) is 27.9 Å². The maximum Gasteiger partial charge on any atom is 0.500 e. The van der Waals surface area contributed by atoms with Gasteiger partial charge in [-0.2, -0.15) is 0 Å². The summed E-state index contributed by atoms with van der Waals surface area (Å²) in [6, 6.07) is 13.3. The summed E-state index contributed by atoms with van der Waals surface area (Å²) in [6.07, 6.45) is 0.859. The minimum absolute atomic E-state index is 0.709. The number of rotatable bonds is 7. The Morgan fingerprint density at radius 3 is 2.54 bits per heavy atom. The fourth-order valence-corrected chi connectivity index (χ4v) is 5.68. The van der Waals surface area contributed by atoms with Gasteiger partial charge in [-0.25, -0.2) is 4.98 Å². The molecule has 26 heavy (non-hydrogen) atoms. The van der Waals surface area contributed by atoms with Gasteiger partial charge in [0.2, 0.25) is 0 Å². The van der Waals surface area contributed by atoms with Crippen LogP contribution in [0.4, 0.5) is 0 Å². The molecule has 1 aromatic rings. The molecule has 0 saturated carbocycles. The maximum absolute atomic E-state index is 5.44. The van der Waals surface area contributed by atoms with Crippen LogP contribution in [0.15, 0.2) is 41.4 Å². The zero-order valence-corrected chi connectivity index (χ0v) is 17.4. The number of nitrogens with zero attached hydrogens (tertiary/aromatic N) is 2. The predicted octanol–water partition coefficient (Wildman–Crippen LogP) is 3.88. The van der Waals surface area contributed by atoms with Gasteiger partial charge in [-0.3, -0.25) is 4.99 Å². The highest BCUT2D eigenvalue weighted by atomic mass is 32.1. The molecule has 1 aliphatic heterocycles. The topological polar surface area (TPSA) is 52.9 Å². The average molecular weight is 389 g/mol. The standard InChI is InChI=1S/C19H24N2O3SSi/c1-14-6-8-16-18(12-14)25-19-13-15(7-9-17(19)21-16)20-10-5-11-26(22-2,23-3)24-4/h6-9,12-13H,5,10-11H2,1-4H3. The first kappa shape index (κ1) is 19.1. The van der Waals surface area contributed by atoms with Crippen molar-refractivity contribution >= 4 is 30.4 Å². The smallest absolute Gasteiger partial charge is 0.377 e. The Bertz CT molecular complexity index is 916. The minimum atomic E-state index is -2.50. The van der Waals surface area contributed by atoms with Crippen LogP contribution in [0.1, 0.15) is 12.0 Å². The average Bonchev–Trinajstić information content (AvgIpc) is 2.67. The van der Waals surface area contributed by atoms with Gasteiger partial charge in [0.05, 0.1) is 26.1 Å². The summed E-state index contributed by atoms with van der Waals surface area (Å²) in [6.45, 7) is 2.81. The van der Waals surface area contributed by atoms with E-state index in [4.69, 9.17) is 23.3 Å². The maximum atomic E-state index is 5.44. The fraction of sp³-hybridized carbons (Fsp3) is 0.368. The monoisotopic (exact) mass is 388 g/mol. The molecule has 0 radical (unpaired) electrons. The second-order valence-electron chi connectivity index (χ2n) is 6.12. The van der Waals surface area contributed by atoms with Crippen LogP contribution >= 0.6 is 11.3 Å². The Morgan fingerprint density at radius 2 is 1.81 bits per heavy atom. The Hall–Kier alpha value is -1.64. The van der Waals surface area contributed by atoms with Gasteiger partial charge >= 0.3 is 8.80 Å². The second kappa shape index (κ2) is 8.37. The molecule has 3 rings (SSSR count). The molecule has 0 fully saturated rings. The third kappa shape index (κ3) is 4.19. The molecule has 1 aliphatic carbocycles.